The van der Waals surface area contributed by atoms with E-state index in [1.54, 1.807) is 0 Å². The average Bonchev–Trinajstić information content (AvgIpc) is 2.94. The van der Waals surface area contributed by atoms with Gasteiger partial charge in [0.2, 0.25) is 0 Å². The van der Waals surface area contributed by atoms with E-state index in [0.29, 0.717) is 18.6 Å². The van der Waals surface area contributed by atoms with Crippen LogP contribution in [0.15, 0.2) is 24.3 Å². The molecular formula is C37H70O2. The Labute approximate surface area is 245 Å². The summed E-state index contributed by atoms with van der Waals surface area (Å²) in [5.74, 6) is 0.247. The fourth-order valence-corrected chi connectivity index (χ4v) is 5.42. The number of rotatable bonds is 32. The van der Waals surface area contributed by atoms with E-state index in [9.17, 15) is 9.90 Å². The number of hydrogen-bond donors (Lipinski definition) is 1. The summed E-state index contributed by atoms with van der Waals surface area (Å²) in [5, 5.41) is 9.41. The number of carbonyl (C=O) groups is 1. The SMILES string of the molecule is CCCCCCCC/C=C\CCCCCCCC(=O)C(C=CCCCCCCCCCCCCCC)CCO. The molecule has 2 nitrogen and oxygen atoms in total. The summed E-state index contributed by atoms with van der Waals surface area (Å²) in [6, 6.07) is 0. The second-order valence-electron chi connectivity index (χ2n) is 12.0. The summed E-state index contributed by atoms with van der Waals surface area (Å²) in [5.41, 5.74) is 0. The minimum absolute atomic E-state index is 0.0795. The summed E-state index contributed by atoms with van der Waals surface area (Å²) in [6.07, 6.45) is 44.5. The molecule has 0 amide bonds. The molecule has 0 aromatic carbocycles. The van der Waals surface area contributed by atoms with Crippen LogP contribution in [0.1, 0.15) is 194 Å². The Morgan fingerprint density at radius 2 is 0.872 bits per heavy atom. The highest BCUT2D eigenvalue weighted by Crippen LogP contribution is 2.16. The molecule has 0 bridgehead atoms. The summed E-state index contributed by atoms with van der Waals surface area (Å²) in [7, 11) is 0. The van der Waals surface area contributed by atoms with Gasteiger partial charge < -0.3 is 5.11 Å². The van der Waals surface area contributed by atoms with Crippen LogP contribution >= 0.6 is 0 Å². The zero-order valence-corrected chi connectivity index (χ0v) is 26.7. The van der Waals surface area contributed by atoms with Crippen LogP contribution in [0, 0.1) is 5.92 Å². The number of unbranched alkanes of at least 4 members (excludes halogenated alkanes) is 23. The minimum Gasteiger partial charge on any atom is -0.396 e. The minimum atomic E-state index is -0.0795. The van der Waals surface area contributed by atoms with Gasteiger partial charge in [-0.25, -0.2) is 0 Å². The number of carbonyl (C=O) groups excluding carboxylic acids is 1. The highest BCUT2D eigenvalue weighted by Gasteiger charge is 2.14. The van der Waals surface area contributed by atoms with Crippen molar-refractivity contribution in [2.45, 2.75) is 194 Å². The smallest absolute Gasteiger partial charge is 0.139 e. The van der Waals surface area contributed by atoms with Crippen molar-refractivity contribution in [1.29, 1.82) is 0 Å². The lowest BCUT2D eigenvalue weighted by Crippen LogP contribution is -2.13. The zero-order valence-electron chi connectivity index (χ0n) is 26.7. The molecule has 0 rings (SSSR count). The second kappa shape index (κ2) is 33.3. The van der Waals surface area contributed by atoms with Crippen molar-refractivity contribution in [3.8, 4) is 0 Å². The Morgan fingerprint density at radius 3 is 1.28 bits per heavy atom. The number of aliphatic hydroxyl groups is 1. The predicted octanol–water partition coefficient (Wildman–Crippen LogP) is 12.2. The zero-order chi connectivity index (χ0) is 28.5. The molecule has 0 heterocycles. The third kappa shape index (κ3) is 29.9. The van der Waals surface area contributed by atoms with Crippen LogP contribution in [0.4, 0.5) is 0 Å². The van der Waals surface area contributed by atoms with Crippen LogP contribution in [0.5, 0.6) is 0 Å². The van der Waals surface area contributed by atoms with E-state index in [1.807, 2.05) is 0 Å². The van der Waals surface area contributed by atoms with Gasteiger partial charge in [-0.15, -0.1) is 0 Å². The largest absolute Gasteiger partial charge is 0.396 e. The Hall–Kier alpha value is -0.890. The first-order chi connectivity index (χ1) is 19.3. The summed E-state index contributed by atoms with van der Waals surface area (Å²) in [4.78, 5) is 12.7. The molecule has 1 unspecified atom stereocenters. The molecule has 0 spiro atoms. The van der Waals surface area contributed by atoms with Crippen LogP contribution in [-0.4, -0.2) is 17.5 Å². The molecule has 0 saturated heterocycles. The third-order valence-electron chi connectivity index (χ3n) is 8.13. The molecule has 0 saturated carbocycles. The van der Waals surface area contributed by atoms with E-state index in [-0.39, 0.29) is 12.5 Å². The van der Waals surface area contributed by atoms with Gasteiger partial charge in [0.1, 0.15) is 5.78 Å². The average molecular weight is 547 g/mol. The van der Waals surface area contributed by atoms with Crippen molar-refractivity contribution in [3.05, 3.63) is 24.3 Å². The number of aliphatic hydroxyl groups excluding tert-OH is 1. The van der Waals surface area contributed by atoms with E-state index in [0.717, 1.165) is 19.3 Å². The fourth-order valence-electron chi connectivity index (χ4n) is 5.42. The van der Waals surface area contributed by atoms with Crippen LogP contribution in [0.2, 0.25) is 0 Å². The van der Waals surface area contributed by atoms with Gasteiger partial charge in [0.15, 0.2) is 0 Å². The first-order valence-electron chi connectivity index (χ1n) is 17.7. The van der Waals surface area contributed by atoms with E-state index in [4.69, 9.17) is 0 Å². The van der Waals surface area contributed by atoms with Crippen molar-refractivity contribution < 1.29 is 9.90 Å². The molecule has 0 aromatic heterocycles. The van der Waals surface area contributed by atoms with E-state index in [1.165, 1.54) is 148 Å². The summed E-state index contributed by atoms with van der Waals surface area (Å²) < 4.78 is 0. The number of ketones is 1. The highest BCUT2D eigenvalue weighted by atomic mass is 16.3. The summed E-state index contributed by atoms with van der Waals surface area (Å²) in [6.45, 7) is 4.66. The van der Waals surface area contributed by atoms with Crippen molar-refractivity contribution in [2.24, 2.45) is 5.92 Å². The molecular weight excluding hydrogens is 476 g/mol. The maximum Gasteiger partial charge on any atom is 0.139 e. The van der Waals surface area contributed by atoms with Gasteiger partial charge in [0.25, 0.3) is 0 Å². The molecule has 1 N–H and O–H groups in total. The van der Waals surface area contributed by atoms with Gasteiger partial charge in [-0.1, -0.05) is 160 Å². The van der Waals surface area contributed by atoms with Crippen molar-refractivity contribution in [2.75, 3.05) is 6.61 Å². The molecule has 0 aromatic rings. The van der Waals surface area contributed by atoms with Gasteiger partial charge in [0.05, 0.1) is 0 Å². The molecule has 2 heteroatoms. The van der Waals surface area contributed by atoms with Crippen molar-refractivity contribution in [3.63, 3.8) is 0 Å². The predicted molar refractivity (Wildman–Crippen MR) is 174 cm³/mol. The standard InChI is InChI=1S/C37H70O2/c1-3-5-7-9-11-13-15-17-19-21-23-25-27-29-31-33-37(39)36(34-35-38)32-30-28-26-24-22-20-18-16-14-12-10-8-6-4-2/h17,19,30,32,36,38H,3-16,18,20-29,31,33-35H2,1-2H3/b19-17-,32-30?. The first-order valence-corrected chi connectivity index (χ1v) is 17.7. The van der Waals surface area contributed by atoms with Gasteiger partial charge in [-0.2, -0.15) is 0 Å². The number of allylic oxidation sites excluding steroid dienone is 4. The van der Waals surface area contributed by atoms with Crippen molar-refractivity contribution in [1.82, 2.24) is 0 Å². The molecule has 230 valence electrons. The lowest BCUT2D eigenvalue weighted by molar-refractivity contribution is -0.122. The van der Waals surface area contributed by atoms with Gasteiger partial charge in [-0.3, -0.25) is 4.79 Å². The number of hydrogen-bond acceptors (Lipinski definition) is 2. The van der Waals surface area contributed by atoms with E-state index >= 15 is 0 Å². The molecule has 1 atom stereocenters. The summed E-state index contributed by atoms with van der Waals surface area (Å²) >= 11 is 0. The molecule has 39 heavy (non-hydrogen) atoms. The number of Topliss-reactive ketones (excluding diaryl/α,β-unsaturated/α-hetero) is 1. The molecule has 0 aliphatic rings. The maximum atomic E-state index is 12.7. The van der Waals surface area contributed by atoms with Crippen molar-refractivity contribution >= 4 is 5.78 Å². The molecule has 0 fully saturated rings. The van der Waals surface area contributed by atoms with Crippen LogP contribution < -0.4 is 0 Å². The van der Waals surface area contributed by atoms with Gasteiger partial charge >= 0.3 is 0 Å². The quantitative estimate of drug-likeness (QED) is 0.0672. The first kappa shape index (κ1) is 38.1. The van der Waals surface area contributed by atoms with E-state index < -0.39 is 0 Å². The highest BCUT2D eigenvalue weighted by molar-refractivity contribution is 5.82. The Balaban J connectivity index is 3.64. The topological polar surface area (TPSA) is 37.3 Å². The van der Waals surface area contributed by atoms with Gasteiger partial charge in [0, 0.05) is 18.9 Å². The lowest BCUT2D eigenvalue weighted by atomic mass is 9.95. The normalized spacial score (nSPS) is 12.7. The lowest BCUT2D eigenvalue weighted by Gasteiger charge is -2.10. The third-order valence-corrected chi connectivity index (χ3v) is 8.13. The van der Waals surface area contributed by atoms with Crippen LogP contribution in [0.3, 0.4) is 0 Å². The molecule has 0 aliphatic carbocycles. The van der Waals surface area contributed by atoms with Crippen LogP contribution in [-0.2, 0) is 4.79 Å². The Bertz CT molecular complexity index is 536. The Kier molecular flexibility index (Phi) is 32.6. The molecule has 0 radical (unpaired) electrons. The fraction of sp³-hybridized carbons (Fsp3) is 0.865. The van der Waals surface area contributed by atoms with E-state index in [2.05, 4.69) is 38.2 Å². The monoisotopic (exact) mass is 547 g/mol. The Morgan fingerprint density at radius 1 is 0.513 bits per heavy atom. The van der Waals surface area contributed by atoms with Crippen LogP contribution in [0.25, 0.3) is 0 Å². The maximum absolute atomic E-state index is 12.7. The molecule has 0 aliphatic heterocycles. The second-order valence-corrected chi connectivity index (χ2v) is 12.0. The van der Waals surface area contributed by atoms with Gasteiger partial charge in [-0.05, 0) is 51.4 Å².